The van der Waals surface area contributed by atoms with Crippen LogP contribution in [-0.4, -0.2) is 53.6 Å². The van der Waals surface area contributed by atoms with Crippen LogP contribution in [0.4, 0.5) is 0 Å². The van der Waals surface area contributed by atoms with Gasteiger partial charge in [0.2, 0.25) is 0 Å². The first-order chi connectivity index (χ1) is 19.7. The number of allylic oxidation sites excluding steroid dienone is 2. The van der Waals surface area contributed by atoms with Crippen molar-refractivity contribution in [1.29, 1.82) is 0 Å². The molecule has 3 rings (SSSR count). The Morgan fingerprint density at radius 3 is 2.21 bits per heavy atom. The minimum Gasteiger partial charge on any atom is -0.462 e. The van der Waals surface area contributed by atoms with Gasteiger partial charge in [0.05, 0.1) is 24.7 Å². The highest BCUT2D eigenvalue weighted by Crippen LogP contribution is 2.47. The molecule has 0 spiro atoms. The number of rotatable bonds is 12. The normalized spacial score (nSPS) is 31.3. The summed E-state index contributed by atoms with van der Waals surface area (Å²) in [5.41, 5.74) is 1.38. The van der Waals surface area contributed by atoms with Crippen molar-refractivity contribution < 1.29 is 23.1 Å². The van der Waals surface area contributed by atoms with E-state index >= 15 is 0 Å². The van der Waals surface area contributed by atoms with Gasteiger partial charge in [-0.25, -0.2) is 0 Å². The van der Waals surface area contributed by atoms with Gasteiger partial charge in [-0.1, -0.05) is 87.0 Å². The summed E-state index contributed by atoms with van der Waals surface area (Å²) in [6.07, 6.45) is 13.6. The van der Waals surface area contributed by atoms with Gasteiger partial charge in [0.25, 0.3) is 0 Å². The molecule has 1 heterocycles. The lowest BCUT2D eigenvalue weighted by atomic mass is 9.66. The fraction of sp³-hybridized carbons (Fsp3) is 0.861. The highest BCUT2D eigenvalue weighted by Gasteiger charge is 2.46. The first-order valence-corrected chi connectivity index (χ1v) is 23.1. The van der Waals surface area contributed by atoms with Crippen LogP contribution in [0.2, 0.25) is 36.3 Å². The van der Waals surface area contributed by atoms with Crippen LogP contribution in [0.1, 0.15) is 107 Å². The van der Waals surface area contributed by atoms with Crippen molar-refractivity contribution in [3.8, 4) is 0 Å². The molecule has 1 aliphatic heterocycles. The third kappa shape index (κ3) is 9.63. The van der Waals surface area contributed by atoms with Crippen LogP contribution in [0.15, 0.2) is 23.8 Å². The van der Waals surface area contributed by atoms with E-state index in [1.54, 1.807) is 0 Å². The van der Waals surface area contributed by atoms with Crippen molar-refractivity contribution in [2.24, 2.45) is 23.7 Å². The molecule has 3 aliphatic rings. The number of carbonyl (C=O) groups is 1. The third-order valence-corrected chi connectivity index (χ3v) is 20.3. The zero-order valence-electron chi connectivity index (χ0n) is 30.0. The Balaban J connectivity index is 1.79. The zero-order valence-corrected chi connectivity index (χ0v) is 32.0. The lowest BCUT2D eigenvalue weighted by molar-refractivity contribution is -0.160. The molecule has 2 aliphatic carbocycles. The second-order valence-corrected chi connectivity index (χ2v) is 26.6. The van der Waals surface area contributed by atoms with E-state index in [0.29, 0.717) is 30.1 Å². The molecule has 0 bridgehead atoms. The first kappa shape index (κ1) is 36.7. The van der Waals surface area contributed by atoms with Gasteiger partial charge in [0, 0.05) is 25.4 Å². The Morgan fingerprint density at radius 1 is 0.977 bits per heavy atom. The molecule has 8 atom stereocenters. The molecule has 0 aromatic carbocycles. The summed E-state index contributed by atoms with van der Waals surface area (Å²) in [4.78, 5) is 12.7. The molecule has 1 fully saturated rings. The van der Waals surface area contributed by atoms with E-state index in [4.69, 9.17) is 18.3 Å². The summed E-state index contributed by atoms with van der Waals surface area (Å²) in [5, 5.41) is 0.282. The number of hydrogen-bond donors (Lipinski definition) is 0. The molecule has 8 unspecified atom stereocenters. The van der Waals surface area contributed by atoms with Crippen LogP contribution in [0.25, 0.3) is 0 Å². The van der Waals surface area contributed by atoms with Crippen molar-refractivity contribution in [2.45, 2.75) is 168 Å². The fourth-order valence-electron chi connectivity index (χ4n) is 6.60. The monoisotopic (exact) mass is 634 g/mol. The molecule has 0 saturated carbocycles. The van der Waals surface area contributed by atoms with E-state index in [-0.39, 0.29) is 40.5 Å². The van der Waals surface area contributed by atoms with E-state index in [0.717, 1.165) is 32.3 Å². The molecular formula is C36H66O5Si2. The maximum atomic E-state index is 12.7. The molecule has 0 aromatic rings. The summed E-state index contributed by atoms with van der Waals surface area (Å²) < 4.78 is 26.4. The Morgan fingerprint density at radius 2 is 1.60 bits per heavy atom. The molecule has 0 amide bonds. The van der Waals surface area contributed by atoms with E-state index in [9.17, 15) is 4.79 Å². The van der Waals surface area contributed by atoms with E-state index in [1.807, 2.05) is 0 Å². The largest absolute Gasteiger partial charge is 0.462 e. The van der Waals surface area contributed by atoms with Gasteiger partial charge in [-0.2, -0.15) is 0 Å². The second kappa shape index (κ2) is 14.4. The van der Waals surface area contributed by atoms with Gasteiger partial charge >= 0.3 is 5.97 Å². The molecule has 0 N–H and O–H groups in total. The smallest absolute Gasteiger partial charge is 0.308 e. The Bertz CT molecular complexity index is 989. The molecule has 0 radical (unpaired) electrons. The van der Waals surface area contributed by atoms with Crippen LogP contribution in [-0.2, 0) is 23.1 Å². The fourth-order valence-corrected chi connectivity index (χ4v) is 9.25. The average molecular weight is 635 g/mol. The summed E-state index contributed by atoms with van der Waals surface area (Å²) in [6.45, 7) is 30.7. The van der Waals surface area contributed by atoms with Crippen LogP contribution >= 0.6 is 0 Å². The highest BCUT2D eigenvalue weighted by molar-refractivity contribution is 6.74. The minimum absolute atomic E-state index is 0.0367. The molecule has 43 heavy (non-hydrogen) atoms. The van der Waals surface area contributed by atoms with Crippen molar-refractivity contribution in [3.05, 3.63) is 23.8 Å². The summed E-state index contributed by atoms with van der Waals surface area (Å²) >= 11 is 0. The van der Waals surface area contributed by atoms with Gasteiger partial charge in [-0.05, 0) is 78.9 Å². The van der Waals surface area contributed by atoms with Crippen molar-refractivity contribution in [1.82, 2.24) is 0 Å². The van der Waals surface area contributed by atoms with Gasteiger partial charge in [0.1, 0.15) is 6.10 Å². The molecule has 248 valence electrons. The maximum Gasteiger partial charge on any atom is 0.308 e. The Hall–Kier alpha value is -0.736. The van der Waals surface area contributed by atoms with Gasteiger partial charge in [0.15, 0.2) is 16.6 Å². The molecule has 1 saturated heterocycles. The molecular weight excluding hydrogens is 569 g/mol. The number of esters is 1. The van der Waals surface area contributed by atoms with Gasteiger partial charge < -0.3 is 18.3 Å². The number of cyclic esters (lactones) is 1. The standard InChI is InChI=1S/C36H66O5Si2/c1-14-15-25(2)24-38-32-22-29(40-42(10,11)35(4,5)6)20-27-17-16-26(3)31(34(27)32)19-18-28-21-30(23-33(37)39-28)41-43(12,13)36(7,8)9/h16-17,20,25-26,28-32,34H,14-15,18-19,21-24H2,1-13H3. The highest BCUT2D eigenvalue weighted by atomic mass is 28.4. The zero-order chi connectivity index (χ0) is 32.4. The Labute approximate surface area is 267 Å². The van der Waals surface area contributed by atoms with Gasteiger partial charge in [-0.15, -0.1) is 0 Å². The number of carbonyl (C=O) groups excluding carboxylic acids is 1. The first-order valence-electron chi connectivity index (χ1n) is 17.3. The van der Waals surface area contributed by atoms with Crippen molar-refractivity contribution in [3.63, 3.8) is 0 Å². The Kier molecular flexibility index (Phi) is 12.3. The average Bonchev–Trinajstić information content (AvgIpc) is 2.85. The molecule has 5 nitrogen and oxygen atoms in total. The van der Waals surface area contributed by atoms with Crippen molar-refractivity contribution in [2.75, 3.05) is 6.61 Å². The summed E-state index contributed by atoms with van der Waals surface area (Å²) in [7, 11) is -3.89. The summed E-state index contributed by atoms with van der Waals surface area (Å²) in [5.74, 6) is 1.67. The number of hydrogen-bond acceptors (Lipinski definition) is 5. The van der Waals surface area contributed by atoms with Gasteiger partial charge in [-0.3, -0.25) is 4.79 Å². The van der Waals surface area contributed by atoms with Crippen molar-refractivity contribution >= 4 is 22.6 Å². The van der Waals surface area contributed by atoms with Crippen LogP contribution < -0.4 is 0 Å². The third-order valence-electron chi connectivity index (χ3n) is 11.3. The van der Waals surface area contributed by atoms with Crippen LogP contribution in [0, 0.1) is 23.7 Å². The lowest BCUT2D eigenvalue weighted by Gasteiger charge is -2.46. The van der Waals surface area contributed by atoms with Crippen LogP contribution in [0.3, 0.4) is 0 Å². The number of fused-ring (bicyclic) bond motifs is 1. The number of ether oxygens (including phenoxy) is 2. The topological polar surface area (TPSA) is 54.0 Å². The second-order valence-electron chi connectivity index (χ2n) is 17.1. The molecule has 0 aromatic heterocycles. The minimum atomic E-state index is -1.96. The molecule has 7 heteroatoms. The van der Waals surface area contributed by atoms with Crippen LogP contribution in [0.5, 0.6) is 0 Å². The van der Waals surface area contributed by atoms with E-state index in [1.165, 1.54) is 18.4 Å². The lowest BCUT2D eigenvalue weighted by Crippen LogP contribution is -2.48. The SMILES string of the molecule is CCCC(C)COC1CC(O[Si](C)(C)C(C)(C)C)C=C2C=CC(C)C(CCC3CC(O[Si](C)(C)C(C)(C)C)CC(=O)O3)C21. The summed E-state index contributed by atoms with van der Waals surface area (Å²) in [6, 6.07) is 0. The van der Waals surface area contributed by atoms with E-state index in [2.05, 4.69) is 107 Å². The van der Waals surface area contributed by atoms with E-state index < -0.39 is 16.6 Å². The maximum absolute atomic E-state index is 12.7. The quantitative estimate of drug-likeness (QED) is 0.158. The predicted octanol–water partition coefficient (Wildman–Crippen LogP) is 9.84. The predicted molar refractivity (Wildman–Crippen MR) is 184 cm³/mol.